The lowest BCUT2D eigenvalue weighted by Gasteiger charge is -2.12. The molecule has 0 unspecified atom stereocenters. The maximum absolute atomic E-state index is 11.9. The van der Waals surface area contributed by atoms with Crippen molar-refractivity contribution in [1.82, 2.24) is 5.43 Å². The van der Waals surface area contributed by atoms with Gasteiger partial charge in [0, 0.05) is 10.6 Å². The summed E-state index contributed by atoms with van der Waals surface area (Å²) >= 11 is 11.9. The second-order valence-electron chi connectivity index (χ2n) is 5.93. The Morgan fingerprint density at radius 2 is 2.00 bits per heavy atom. The molecule has 0 radical (unpaired) electrons. The number of nitrogens with one attached hydrogen (secondary N) is 1. The maximum Gasteiger partial charge on any atom is 0.277 e. The highest BCUT2D eigenvalue weighted by Gasteiger charge is 2.07. The second-order valence-corrected chi connectivity index (χ2v) is 6.77. The lowest BCUT2D eigenvalue weighted by molar-refractivity contribution is -0.123. The third kappa shape index (κ3) is 5.76. The molecular formula is C19H20Cl2N2O2. The Bertz CT molecular complexity index is 789. The van der Waals surface area contributed by atoms with E-state index in [2.05, 4.69) is 30.4 Å². The van der Waals surface area contributed by atoms with Crippen LogP contribution in [0.2, 0.25) is 10.0 Å². The maximum atomic E-state index is 11.9. The van der Waals surface area contributed by atoms with Crippen molar-refractivity contribution in [3.05, 3.63) is 63.1 Å². The van der Waals surface area contributed by atoms with Crippen LogP contribution < -0.4 is 10.2 Å². The van der Waals surface area contributed by atoms with Crippen molar-refractivity contribution in [2.75, 3.05) is 6.61 Å². The molecule has 1 amide bonds. The molecule has 0 fully saturated rings. The summed E-state index contributed by atoms with van der Waals surface area (Å²) in [4.78, 5) is 11.9. The van der Waals surface area contributed by atoms with Crippen LogP contribution >= 0.6 is 23.2 Å². The highest BCUT2D eigenvalue weighted by molar-refractivity contribution is 6.36. The molecule has 0 bridgehead atoms. The zero-order valence-electron chi connectivity index (χ0n) is 14.3. The molecule has 1 N–H and O–H groups in total. The Morgan fingerprint density at radius 3 is 2.68 bits per heavy atom. The standard InChI is InChI=1S/C19H20Cl2N2O2/c1-12(2)14-5-4-13(3)18(8-14)25-11-19(24)23-22-10-15-6-7-16(20)9-17(15)21/h4-10,12H,11H2,1-3H3,(H,23,24). The molecule has 0 saturated heterocycles. The average molecular weight is 379 g/mol. The van der Waals surface area contributed by atoms with Gasteiger partial charge in [0.05, 0.1) is 11.2 Å². The predicted octanol–water partition coefficient (Wildman–Crippen LogP) is 4.95. The molecule has 25 heavy (non-hydrogen) atoms. The molecule has 2 aromatic carbocycles. The first kappa shape index (κ1) is 19.3. The number of ether oxygens (including phenoxy) is 1. The number of carbonyl (C=O) groups excluding carboxylic acids is 1. The molecule has 0 aliphatic heterocycles. The van der Waals surface area contributed by atoms with Crippen molar-refractivity contribution >= 4 is 35.3 Å². The molecule has 0 aliphatic carbocycles. The van der Waals surface area contributed by atoms with Gasteiger partial charge in [-0.1, -0.05) is 55.2 Å². The van der Waals surface area contributed by atoms with E-state index in [4.69, 9.17) is 27.9 Å². The summed E-state index contributed by atoms with van der Waals surface area (Å²) in [5.74, 6) is 0.743. The van der Waals surface area contributed by atoms with Crippen LogP contribution in [0.5, 0.6) is 5.75 Å². The molecule has 0 spiro atoms. The van der Waals surface area contributed by atoms with Gasteiger partial charge in [-0.15, -0.1) is 0 Å². The van der Waals surface area contributed by atoms with E-state index in [0.29, 0.717) is 27.3 Å². The summed E-state index contributed by atoms with van der Waals surface area (Å²) in [6, 6.07) is 11.0. The fraction of sp³-hybridized carbons (Fsp3) is 0.263. The molecular weight excluding hydrogens is 359 g/mol. The SMILES string of the molecule is Cc1ccc(C(C)C)cc1OCC(=O)NN=Cc1ccc(Cl)cc1Cl. The Kier molecular flexibility index (Phi) is 6.85. The van der Waals surface area contributed by atoms with Gasteiger partial charge in [-0.3, -0.25) is 4.79 Å². The van der Waals surface area contributed by atoms with Gasteiger partial charge in [-0.25, -0.2) is 5.43 Å². The van der Waals surface area contributed by atoms with Gasteiger partial charge in [-0.2, -0.15) is 5.10 Å². The number of rotatable bonds is 6. The van der Waals surface area contributed by atoms with Crippen LogP contribution in [0.25, 0.3) is 0 Å². The van der Waals surface area contributed by atoms with Crippen molar-refractivity contribution in [2.24, 2.45) is 5.10 Å². The molecule has 6 heteroatoms. The molecule has 4 nitrogen and oxygen atoms in total. The third-order valence-corrected chi connectivity index (χ3v) is 4.16. The number of nitrogens with zero attached hydrogens (tertiary/aromatic N) is 1. The number of halogens is 2. The van der Waals surface area contributed by atoms with Gasteiger partial charge < -0.3 is 4.74 Å². The number of hydrazone groups is 1. The minimum Gasteiger partial charge on any atom is -0.483 e. The topological polar surface area (TPSA) is 50.7 Å². The fourth-order valence-electron chi connectivity index (χ4n) is 2.09. The van der Waals surface area contributed by atoms with Gasteiger partial charge in [0.1, 0.15) is 5.75 Å². The van der Waals surface area contributed by atoms with E-state index in [0.717, 1.165) is 11.1 Å². The van der Waals surface area contributed by atoms with Gasteiger partial charge in [-0.05, 0) is 42.2 Å². The van der Waals surface area contributed by atoms with Gasteiger partial charge in [0.25, 0.3) is 5.91 Å². The summed E-state index contributed by atoms with van der Waals surface area (Å²) in [6.07, 6.45) is 1.46. The van der Waals surface area contributed by atoms with E-state index in [-0.39, 0.29) is 12.5 Å². The number of carbonyl (C=O) groups is 1. The highest BCUT2D eigenvalue weighted by atomic mass is 35.5. The number of benzene rings is 2. The summed E-state index contributed by atoms with van der Waals surface area (Å²) in [5, 5.41) is 4.88. The predicted molar refractivity (Wildman–Crippen MR) is 103 cm³/mol. The van der Waals surface area contributed by atoms with E-state index < -0.39 is 0 Å². The Labute approximate surface area is 157 Å². The quantitative estimate of drug-likeness (QED) is 0.570. The Morgan fingerprint density at radius 1 is 1.24 bits per heavy atom. The molecule has 0 atom stereocenters. The summed E-state index contributed by atoms with van der Waals surface area (Å²) in [7, 11) is 0. The van der Waals surface area contributed by atoms with Crippen molar-refractivity contribution in [1.29, 1.82) is 0 Å². The number of hydrogen-bond donors (Lipinski definition) is 1. The number of aryl methyl sites for hydroxylation is 1. The zero-order chi connectivity index (χ0) is 18.4. The molecule has 0 heterocycles. The first-order valence-electron chi connectivity index (χ1n) is 7.87. The summed E-state index contributed by atoms with van der Waals surface area (Å²) in [5.41, 5.74) is 5.22. The van der Waals surface area contributed by atoms with Crippen LogP contribution in [0, 0.1) is 6.92 Å². The highest BCUT2D eigenvalue weighted by Crippen LogP contribution is 2.24. The molecule has 0 aromatic heterocycles. The monoisotopic (exact) mass is 378 g/mol. The van der Waals surface area contributed by atoms with Crippen molar-refractivity contribution in [3.8, 4) is 5.75 Å². The normalized spacial score (nSPS) is 11.1. The fourth-order valence-corrected chi connectivity index (χ4v) is 2.54. The van der Waals surface area contributed by atoms with E-state index >= 15 is 0 Å². The smallest absolute Gasteiger partial charge is 0.277 e. The van der Waals surface area contributed by atoms with Crippen LogP contribution in [0.4, 0.5) is 0 Å². The van der Waals surface area contributed by atoms with Gasteiger partial charge in [0.15, 0.2) is 6.61 Å². The molecule has 2 rings (SSSR count). The molecule has 0 aliphatic rings. The molecule has 132 valence electrons. The van der Waals surface area contributed by atoms with E-state index in [1.165, 1.54) is 6.21 Å². The summed E-state index contributed by atoms with van der Waals surface area (Å²) < 4.78 is 5.60. The first-order valence-corrected chi connectivity index (χ1v) is 8.62. The van der Waals surface area contributed by atoms with Crippen LogP contribution in [0.15, 0.2) is 41.5 Å². The van der Waals surface area contributed by atoms with E-state index in [1.54, 1.807) is 18.2 Å². The Hall–Kier alpha value is -2.04. The number of hydrogen-bond acceptors (Lipinski definition) is 3. The lowest BCUT2D eigenvalue weighted by Crippen LogP contribution is -2.24. The third-order valence-electron chi connectivity index (χ3n) is 3.59. The average Bonchev–Trinajstić information content (AvgIpc) is 2.56. The van der Waals surface area contributed by atoms with Gasteiger partial charge in [0.2, 0.25) is 0 Å². The molecule has 2 aromatic rings. The van der Waals surface area contributed by atoms with Crippen LogP contribution in [0.3, 0.4) is 0 Å². The van der Waals surface area contributed by atoms with Crippen LogP contribution in [-0.2, 0) is 4.79 Å². The first-order chi connectivity index (χ1) is 11.9. The minimum atomic E-state index is -0.351. The van der Waals surface area contributed by atoms with E-state index in [9.17, 15) is 4.79 Å². The van der Waals surface area contributed by atoms with Crippen LogP contribution in [0.1, 0.15) is 36.5 Å². The lowest BCUT2D eigenvalue weighted by atomic mass is 10.0. The van der Waals surface area contributed by atoms with Crippen molar-refractivity contribution < 1.29 is 9.53 Å². The Balaban J connectivity index is 1.90. The van der Waals surface area contributed by atoms with Crippen LogP contribution in [-0.4, -0.2) is 18.7 Å². The molecule has 0 saturated carbocycles. The summed E-state index contributed by atoms with van der Waals surface area (Å²) in [6.45, 7) is 6.04. The van der Waals surface area contributed by atoms with Crippen molar-refractivity contribution in [3.63, 3.8) is 0 Å². The number of amides is 1. The van der Waals surface area contributed by atoms with Gasteiger partial charge >= 0.3 is 0 Å². The second kappa shape index (κ2) is 8.88. The zero-order valence-corrected chi connectivity index (χ0v) is 15.9. The van der Waals surface area contributed by atoms with Crippen molar-refractivity contribution in [2.45, 2.75) is 26.7 Å². The minimum absolute atomic E-state index is 0.117. The largest absolute Gasteiger partial charge is 0.483 e. The van der Waals surface area contributed by atoms with E-state index in [1.807, 2.05) is 19.1 Å².